The minimum absolute atomic E-state index is 0.197. The zero-order chi connectivity index (χ0) is 9.30. The lowest BCUT2D eigenvalue weighted by atomic mass is 10.2. The molecule has 66 valence electrons. The molecule has 1 aromatic rings. The van der Waals surface area contributed by atoms with E-state index in [1.54, 1.807) is 10.7 Å². The highest BCUT2D eigenvalue weighted by atomic mass is 31.0. The molecule has 4 heteroatoms. The van der Waals surface area contributed by atoms with E-state index in [4.69, 9.17) is 5.73 Å². The number of rotatable bonds is 1. The van der Waals surface area contributed by atoms with Gasteiger partial charge in [-0.3, -0.25) is 0 Å². The average molecular weight is 186 g/mol. The summed E-state index contributed by atoms with van der Waals surface area (Å²) in [5.74, 6) is -0.370. The Morgan fingerprint density at radius 2 is 2.08 bits per heavy atom. The van der Waals surface area contributed by atoms with Crippen LogP contribution in [0.4, 0.5) is 15.8 Å². The standard InChI is InChI=1S/C8H12FN2P/c1-5-3-7(10)6(9)4-8(5)11(2)12/h3-4H,10,12H2,1-2H3. The van der Waals surface area contributed by atoms with Crippen LogP contribution in [0.15, 0.2) is 12.1 Å². The van der Waals surface area contributed by atoms with Crippen LogP contribution < -0.4 is 10.4 Å². The predicted molar refractivity (Wildman–Crippen MR) is 53.7 cm³/mol. The Balaban J connectivity index is 3.23. The van der Waals surface area contributed by atoms with Crippen LogP contribution in [0.3, 0.4) is 0 Å². The summed E-state index contributed by atoms with van der Waals surface area (Å²) in [6.07, 6.45) is 0. The topological polar surface area (TPSA) is 29.3 Å². The molecule has 0 aliphatic heterocycles. The number of nitrogen functional groups attached to an aromatic ring is 1. The fourth-order valence-corrected chi connectivity index (χ4v) is 1.35. The summed E-state index contributed by atoms with van der Waals surface area (Å²) in [7, 11) is 4.31. The van der Waals surface area contributed by atoms with E-state index >= 15 is 0 Å². The number of aryl methyl sites for hydroxylation is 1. The summed E-state index contributed by atoms with van der Waals surface area (Å²) < 4.78 is 14.7. The summed E-state index contributed by atoms with van der Waals surface area (Å²) in [4.78, 5) is 0. The van der Waals surface area contributed by atoms with Gasteiger partial charge in [0, 0.05) is 12.7 Å². The molecular formula is C8H12FN2P. The van der Waals surface area contributed by atoms with Gasteiger partial charge in [0.15, 0.2) is 0 Å². The van der Waals surface area contributed by atoms with Gasteiger partial charge in [0.25, 0.3) is 0 Å². The molecule has 0 amide bonds. The van der Waals surface area contributed by atoms with Crippen LogP contribution in [0.2, 0.25) is 0 Å². The lowest BCUT2D eigenvalue weighted by Crippen LogP contribution is -2.03. The Labute approximate surface area is 73.8 Å². The minimum atomic E-state index is -0.370. The van der Waals surface area contributed by atoms with E-state index < -0.39 is 0 Å². The zero-order valence-electron chi connectivity index (χ0n) is 7.13. The van der Waals surface area contributed by atoms with Crippen LogP contribution in [0.5, 0.6) is 0 Å². The smallest absolute Gasteiger partial charge is 0.148 e. The zero-order valence-corrected chi connectivity index (χ0v) is 8.29. The third-order valence-electron chi connectivity index (χ3n) is 1.70. The highest BCUT2D eigenvalue weighted by molar-refractivity contribution is 7.19. The Hall–Kier alpha value is -0.820. The van der Waals surface area contributed by atoms with E-state index in [0.717, 1.165) is 11.3 Å². The third-order valence-corrected chi connectivity index (χ3v) is 1.97. The molecule has 0 aliphatic carbocycles. The Kier molecular flexibility index (Phi) is 2.53. The first-order valence-corrected chi connectivity index (χ1v) is 4.08. The van der Waals surface area contributed by atoms with Crippen molar-refractivity contribution in [2.75, 3.05) is 17.5 Å². The highest BCUT2D eigenvalue weighted by Crippen LogP contribution is 2.25. The van der Waals surface area contributed by atoms with Crippen molar-refractivity contribution in [2.24, 2.45) is 0 Å². The lowest BCUT2D eigenvalue weighted by Gasteiger charge is -2.15. The van der Waals surface area contributed by atoms with E-state index in [1.807, 2.05) is 14.0 Å². The van der Waals surface area contributed by atoms with Gasteiger partial charge in [0.1, 0.15) is 5.82 Å². The quantitative estimate of drug-likeness (QED) is 0.536. The van der Waals surface area contributed by atoms with Crippen LogP contribution in [-0.2, 0) is 0 Å². The number of nitrogens with zero attached hydrogens (tertiary/aromatic N) is 1. The minimum Gasteiger partial charge on any atom is -0.396 e. The summed E-state index contributed by atoms with van der Waals surface area (Å²) in [5.41, 5.74) is 7.38. The van der Waals surface area contributed by atoms with Crippen molar-refractivity contribution in [2.45, 2.75) is 6.92 Å². The molecule has 0 aliphatic rings. The van der Waals surface area contributed by atoms with Gasteiger partial charge in [-0.25, -0.2) is 4.39 Å². The molecule has 0 heterocycles. The van der Waals surface area contributed by atoms with Gasteiger partial charge in [-0.2, -0.15) is 0 Å². The molecule has 0 radical (unpaired) electrons. The molecule has 0 saturated carbocycles. The van der Waals surface area contributed by atoms with Gasteiger partial charge in [-0.1, -0.05) is 0 Å². The maximum Gasteiger partial charge on any atom is 0.148 e. The molecule has 1 atom stereocenters. The van der Waals surface area contributed by atoms with Gasteiger partial charge >= 0.3 is 0 Å². The van der Waals surface area contributed by atoms with Crippen molar-refractivity contribution in [3.05, 3.63) is 23.5 Å². The molecule has 2 nitrogen and oxygen atoms in total. The highest BCUT2D eigenvalue weighted by Gasteiger charge is 2.05. The first-order chi connectivity index (χ1) is 5.52. The molecule has 0 bridgehead atoms. The van der Waals surface area contributed by atoms with Crippen molar-refractivity contribution in [1.29, 1.82) is 0 Å². The summed E-state index contributed by atoms with van der Waals surface area (Å²) in [5, 5.41) is 0. The maximum atomic E-state index is 13.0. The van der Waals surface area contributed by atoms with Crippen molar-refractivity contribution in [3.8, 4) is 0 Å². The largest absolute Gasteiger partial charge is 0.396 e. The fraction of sp³-hybridized carbons (Fsp3) is 0.250. The maximum absolute atomic E-state index is 13.0. The summed E-state index contributed by atoms with van der Waals surface area (Å²) in [6.45, 7) is 1.89. The van der Waals surface area contributed by atoms with E-state index in [1.165, 1.54) is 6.07 Å². The molecule has 2 N–H and O–H groups in total. The molecule has 1 rings (SSSR count). The Morgan fingerprint density at radius 3 is 2.58 bits per heavy atom. The lowest BCUT2D eigenvalue weighted by molar-refractivity contribution is 0.632. The van der Waals surface area contributed by atoms with E-state index in [0.29, 0.717) is 0 Å². The first kappa shape index (κ1) is 9.27. The third kappa shape index (κ3) is 1.67. The Bertz CT molecular complexity index is 299. The summed E-state index contributed by atoms with van der Waals surface area (Å²) in [6, 6.07) is 3.06. The van der Waals surface area contributed by atoms with Crippen LogP contribution >= 0.6 is 9.39 Å². The molecule has 1 aromatic carbocycles. The van der Waals surface area contributed by atoms with Crippen molar-refractivity contribution in [3.63, 3.8) is 0 Å². The second-order valence-corrected chi connectivity index (χ2v) is 3.55. The van der Waals surface area contributed by atoms with Gasteiger partial charge in [-0.05, 0) is 34.0 Å². The number of hydrogen-bond acceptors (Lipinski definition) is 2. The monoisotopic (exact) mass is 186 g/mol. The molecule has 0 fully saturated rings. The second-order valence-electron chi connectivity index (χ2n) is 2.77. The second kappa shape index (κ2) is 3.28. The number of halogens is 1. The number of anilines is 2. The van der Waals surface area contributed by atoms with Crippen LogP contribution in [-0.4, -0.2) is 7.05 Å². The molecule has 0 spiro atoms. The average Bonchev–Trinajstić information content (AvgIpc) is 1.96. The van der Waals surface area contributed by atoms with Gasteiger partial charge in [0.2, 0.25) is 0 Å². The van der Waals surface area contributed by atoms with Crippen molar-refractivity contribution >= 4 is 20.8 Å². The summed E-state index contributed by atoms with van der Waals surface area (Å²) >= 11 is 0. The number of benzene rings is 1. The van der Waals surface area contributed by atoms with E-state index in [9.17, 15) is 4.39 Å². The molecular weight excluding hydrogens is 174 g/mol. The SMILES string of the molecule is Cc1cc(N)c(F)cc1N(C)P. The molecule has 1 unspecified atom stereocenters. The van der Waals surface area contributed by atoms with Crippen LogP contribution in [0, 0.1) is 12.7 Å². The normalized spacial score (nSPS) is 10.0. The van der Waals surface area contributed by atoms with Gasteiger partial charge < -0.3 is 10.4 Å². The number of nitrogens with two attached hydrogens (primary N) is 1. The van der Waals surface area contributed by atoms with Gasteiger partial charge in [-0.15, -0.1) is 0 Å². The first-order valence-electron chi connectivity index (χ1n) is 3.56. The number of hydrogen-bond donors (Lipinski definition) is 1. The van der Waals surface area contributed by atoms with Crippen LogP contribution in [0.25, 0.3) is 0 Å². The van der Waals surface area contributed by atoms with Crippen LogP contribution in [0.1, 0.15) is 5.56 Å². The van der Waals surface area contributed by atoms with E-state index in [2.05, 4.69) is 9.39 Å². The molecule has 12 heavy (non-hydrogen) atoms. The predicted octanol–water partition coefficient (Wildman–Crippen LogP) is 1.94. The Morgan fingerprint density at radius 1 is 1.50 bits per heavy atom. The van der Waals surface area contributed by atoms with Crippen molar-refractivity contribution in [1.82, 2.24) is 0 Å². The molecule has 0 aromatic heterocycles. The van der Waals surface area contributed by atoms with E-state index in [-0.39, 0.29) is 11.5 Å². The van der Waals surface area contributed by atoms with Crippen molar-refractivity contribution < 1.29 is 4.39 Å². The fourth-order valence-electron chi connectivity index (χ4n) is 1.07. The molecule has 0 saturated heterocycles. The van der Waals surface area contributed by atoms with Gasteiger partial charge in [0.05, 0.1) is 5.69 Å².